The summed E-state index contributed by atoms with van der Waals surface area (Å²) in [5.41, 5.74) is 1.40. The van der Waals surface area contributed by atoms with Crippen molar-refractivity contribution in [3.8, 4) is 0 Å². The third-order valence-corrected chi connectivity index (χ3v) is 9.48. The maximum atomic E-state index is 2.48. The van der Waals surface area contributed by atoms with Gasteiger partial charge >= 0.3 is 150 Å². The summed E-state index contributed by atoms with van der Waals surface area (Å²) in [4.78, 5) is 2.48. The molecule has 0 atom stereocenters. The number of benzene rings is 3. The van der Waals surface area contributed by atoms with Gasteiger partial charge in [0.2, 0.25) is 0 Å². The summed E-state index contributed by atoms with van der Waals surface area (Å²) in [6.07, 6.45) is 0. The molecule has 0 N–H and O–H groups in total. The summed E-state index contributed by atoms with van der Waals surface area (Å²) < 4.78 is 4.48. The van der Waals surface area contributed by atoms with Crippen molar-refractivity contribution in [1.29, 1.82) is 0 Å². The summed E-state index contributed by atoms with van der Waals surface area (Å²) in [6.45, 7) is 6.56. The Balaban J connectivity index is 2.17. The number of anilines is 1. The van der Waals surface area contributed by atoms with E-state index in [0.29, 0.717) is 0 Å². The zero-order valence-corrected chi connectivity index (χ0v) is 16.3. The van der Waals surface area contributed by atoms with Crippen LogP contribution in [0.5, 0.6) is 0 Å². The predicted molar refractivity (Wildman–Crippen MR) is 108 cm³/mol. The Kier molecular flexibility index (Phi) is 5.77. The Labute approximate surface area is 150 Å². The van der Waals surface area contributed by atoms with Crippen molar-refractivity contribution in [2.75, 3.05) is 18.0 Å². The average Bonchev–Trinajstić information content (AvgIpc) is 2.66. The van der Waals surface area contributed by atoms with Crippen molar-refractivity contribution in [1.82, 2.24) is 0 Å². The predicted octanol–water partition coefficient (Wildman–Crippen LogP) is 3.05. The van der Waals surface area contributed by atoms with Gasteiger partial charge in [-0.2, -0.15) is 0 Å². The monoisotopic (exact) mass is 377 g/mol. The van der Waals surface area contributed by atoms with Gasteiger partial charge < -0.3 is 0 Å². The van der Waals surface area contributed by atoms with Crippen LogP contribution in [0.1, 0.15) is 13.8 Å². The molecule has 3 aromatic carbocycles. The van der Waals surface area contributed by atoms with E-state index in [1.165, 1.54) is 18.7 Å². The van der Waals surface area contributed by atoms with Crippen molar-refractivity contribution in [3.05, 3.63) is 84.9 Å². The van der Waals surface area contributed by atoms with E-state index in [1.807, 2.05) is 0 Å². The van der Waals surface area contributed by atoms with Crippen molar-refractivity contribution >= 4 is 33.4 Å². The number of hydrogen-bond donors (Lipinski definition) is 0. The molecule has 0 aliphatic rings. The third kappa shape index (κ3) is 3.57. The fourth-order valence-corrected chi connectivity index (χ4v) is 8.26. The molecule has 0 aliphatic carbocycles. The molecule has 0 heterocycles. The van der Waals surface area contributed by atoms with E-state index in [-0.39, 0.29) is 0 Å². The van der Waals surface area contributed by atoms with Gasteiger partial charge in [0.25, 0.3) is 0 Å². The molecular formula is C22H24AsN. The van der Waals surface area contributed by atoms with E-state index in [9.17, 15) is 0 Å². The molecule has 3 aromatic rings. The number of nitrogens with zero attached hydrogens (tertiary/aromatic N) is 1. The van der Waals surface area contributed by atoms with Crippen molar-refractivity contribution < 1.29 is 0 Å². The summed E-state index contributed by atoms with van der Waals surface area (Å²) >= 11 is -1.56. The molecule has 0 saturated carbocycles. The van der Waals surface area contributed by atoms with Gasteiger partial charge in [0, 0.05) is 0 Å². The van der Waals surface area contributed by atoms with E-state index < -0.39 is 14.7 Å². The molecule has 24 heavy (non-hydrogen) atoms. The number of rotatable bonds is 6. The van der Waals surface area contributed by atoms with Crippen LogP contribution >= 0.6 is 0 Å². The first kappa shape index (κ1) is 16.9. The van der Waals surface area contributed by atoms with Gasteiger partial charge in [-0.15, -0.1) is 0 Å². The van der Waals surface area contributed by atoms with Crippen LogP contribution in [0, 0.1) is 0 Å². The summed E-state index contributed by atoms with van der Waals surface area (Å²) in [6, 6.07) is 31.1. The molecule has 0 spiro atoms. The first-order valence-electron chi connectivity index (χ1n) is 8.59. The summed E-state index contributed by atoms with van der Waals surface area (Å²) in [5, 5.41) is 0. The average molecular weight is 377 g/mol. The fraction of sp³-hybridized carbons (Fsp3) is 0.182. The van der Waals surface area contributed by atoms with Crippen molar-refractivity contribution in [2.45, 2.75) is 13.8 Å². The van der Waals surface area contributed by atoms with Gasteiger partial charge in [-0.3, -0.25) is 0 Å². The second kappa shape index (κ2) is 8.22. The molecule has 0 saturated heterocycles. The standard InChI is InChI=1S/C22H24AsN/c1-3-24(4-2)22-18-12-11-17-21(22)23(19-13-7-5-8-14-19)20-15-9-6-10-16-20/h5-18H,3-4H2,1-2H3. The molecule has 0 radical (unpaired) electrons. The molecule has 0 aromatic heterocycles. The van der Waals surface area contributed by atoms with Crippen LogP contribution in [0.15, 0.2) is 84.9 Å². The van der Waals surface area contributed by atoms with Gasteiger partial charge in [-0.05, 0) is 0 Å². The first-order chi connectivity index (χ1) is 11.8. The second-order valence-electron chi connectivity index (χ2n) is 5.67. The van der Waals surface area contributed by atoms with Crippen LogP contribution in [0.3, 0.4) is 0 Å². The molecule has 1 nitrogen and oxygen atoms in total. The summed E-state index contributed by atoms with van der Waals surface area (Å²) in [5.74, 6) is 0. The fourth-order valence-electron chi connectivity index (χ4n) is 3.07. The molecule has 0 bridgehead atoms. The van der Waals surface area contributed by atoms with Crippen LogP contribution in [-0.4, -0.2) is 27.7 Å². The molecule has 0 fully saturated rings. The van der Waals surface area contributed by atoms with Crippen molar-refractivity contribution in [3.63, 3.8) is 0 Å². The molecule has 2 heteroatoms. The Morgan fingerprint density at radius 2 is 1.08 bits per heavy atom. The molecule has 3 rings (SSSR count). The van der Waals surface area contributed by atoms with E-state index in [1.54, 1.807) is 0 Å². The quantitative estimate of drug-likeness (QED) is 0.597. The van der Waals surface area contributed by atoms with Gasteiger partial charge in [-0.25, -0.2) is 0 Å². The van der Waals surface area contributed by atoms with Gasteiger partial charge in [-0.1, -0.05) is 0 Å². The maximum absolute atomic E-state index is 2.48. The Morgan fingerprint density at radius 3 is 1.58 bits per heavy atom. The Hall–Kier alpha value is -1.98. The minimum atomic E-state index is -1.56. The summed E-state index contributed by atoms with van der Waals surface area (Å²) in [7, 11) is 0. The zero-order valence-electron chi connectivity index (χ0n) is 14.4. The van der Waals surface area contributed by atoms with Crippen LogP contribution in [0.2, 0.25) is 0 Å². The number of para-hydroxylation sites is 1. The van der Waals surface area contributed by atoms with E-state index >= 15 is 0 Å². The topological polar surface area (TPSA) is 3.24 Å². The van der Waals surface area contributed by atoms with Gasteiger partial charge in [0.1, 0.15) is 0 Å². The third-order valence-electron chi connectivity index (χ3n) is 4.26. The van der Waals surface area contributed by atoms with E-state index in [0.717, 1.165) is 13.1 Å². The van der Waals surface area contributed by atoms with E-state index in [4.69, 9.17) is 0 Å². The van der Waals surface area contributed by atoms with Crippen LogP contribution in [-0.2, 0) is 0 Å². The van der Waals surface area contributed by atoms with E-state index in [2.05, 4.69) is 104 Å². The van der Waals surface area contributed by atoms with Crippen LogP contribution in [0.4, 0.5) is 5.69 Å². The molecule has 122 valence electrons. The second-order valence-corrected chi connectivity index (χ2v) is 10.3. The zero-order chi connectivity index (χ0) is 16.8. The molecular weight excluding hydrogens is 353 g/mol. The molecule has 0 unspecified atom stereocenters. The van der Waals surface area contributed by atoms with Crippen LogP contribution in [0.25, 0.3) is 0 Å². The normalized spacial score (nSPS) is 10.8. The molecule has 0 aliphatic heterocycles. The first-order valence-corrected chi connectivity index (χ1v) is 11.4. The van der Waals surface area contributed by atoms with Gasteiger partial charge in [0.05, 0.1) is 0 Å². The minimum absolute atomic E-state index is 1.04. The van der Waals surface area contributed by atoms with Crippen molar-refractivity contribution in [2.24, 2.45) is 0 Å². The van der Waals surface area contributed by atoms with Crippen LogP contribution < -0.4 is 18.0 Å². The van der Waals surface area contributed by atoms with Gasteiger partial charge in [0.15, 0.2) is 0 Å². The Morgan fingerprint density at radius 1 is 0.625 bits per heavy atom. The SMILES string of the molecule is CCN(CC)c1ccccc1[As](c1ccccc1)c1ccccc1. The molecule has 0 amide bonds. The Bertz CT molecular complexity index is 712. The number of hydrogen-bond acceptors (Lipinski definition) is 1.